The van der Waals surface area contributed by atoms with Crippen molar-refractivity contribution >= 4 is 19.2 Å². The fourth-order valence-corrected chi connectivity index (χ4v) is 3.43. The van der Waals surface area contributed by atoms with E-state index >= 15 is 0 Å². The van der Waals surface area contributed by atoms with Gasteiger partial charge in [-0.05, 0) is 23.7 Å². The number of benzene rings is 1. The van der Waals surface area contributed by atoms with Gasteiger partial charge in [0.15, 0.2) is 0 Å². The van der Waals surface area contributed by atoms with Gasteiger partial charge in [0, 0.05) is 0 Å². The fourth-order valence-electron chi connectivity index (χ4n) is 1.49. The van der Waals surface area contributed by atoms with E-state index < -0.39 is 5.97 Å². The highest BCUT2D eigenvalue weighted by Crippen LogP contribution is 2.34. The molecule has 0 saturated carbocycles. The van der Waals surface area contributed by atoms with E-state index in [1.54, 1.807) is 12.1 Å². The molecule has 0 saturated heterocycles. The molecule has 0 aromatic heterocycles. The molecule has 0 amide bonds. The minimum absolute atomic E-state index is 0.285. The SMILES string of the molecule is CCP(CC)c1ccccc1C(=O)O. The monoisotopic (exact) mass is 210 g/mol. The summed E-state index contributed by atoms with van der Waals surface area (Å²) in [5.41, 5.74) is 0.474. The lowest BCUT2D eigenvalue weighted by Crippen LogP contribution is -2.15. The first-order chi connectivity index (χ1) is 6.70. The largest absolute Gasteiger partial charge is 0.478 e. The normalized spacial score (nSPS) is 10.5. The Hall–Kier alpha value is -0.880. The van der Waals surface area contributed by atoms with Crippen molar-refractivity contribution in [2.45, 2.75) is 13.8 Å². The van der Waals surface area contributed by atoms with Gasteiger partial charge in [0.25, 0.3) is 0 Å². The first kappa shape index (κ1) is 11.2. The van der Waals surface area contributed by atoms with Crippen LogP contribution in [-0.4, -0.2) is 23.4 Å². The van der Waals surface area contributed by atoms with Crippen LogP contribution in [0.3, 0.4) is 0 Å². The Bertz CT molecular complexity index is 319. The molecule has 0 radical (unpaired) electrons. The molecule has 0 unspecified atom stereocenters. The molecule has 0 heterocycles. The molecule has 3 heteroatoms. The fraction of sp³-hybridized carbons (Fsp3) is 0.364. The Kier molecular flexibility index (Phi) is 4.09. The van der Waals surface area contributed by atoms with Crippen LogP contribution in [0.1, 0.15) is 24.2 Å². The first-order valence-corrected chi connectivity index (χ1v) is 6.49. The molecule has 0 aliphatic carbocycles. The zero-order valence-electron chi connectivity index (χ0n) is 8.53. The topological polar surface area (TPSA) is 37.3 Å². The Labute approximate surface area is 85.7 Å². The van der Waals surface area contributed by atoms with E-state index in [4.69, 9.17) is 5.11 Å². The van der Waals surface area contributed by atoms with Gasteiger partial charge in [-0.1, -0.05) is 40.0 Å². The van der Waals surface area contributed by atoms with Gasteiger partial charge < -0.3 is 5.11 Å². The third-order valence-electron chi connectivity index (χ3n) is 2.24. The predicted molar refractivity (Wildman–Crippen MR) is 61.0 cm³/mol. The molecule has 1 aromatic rings. The second-order valence-corrected chi connectivity index (χ2v) is 5.82. The summed E-state index contributed by atoms with van der Waals surface area (Å²) in [5.74, 6) is -0.810. The summed E-state index contributed by atoms with van der Waals surface area (Å²) in [4.78, 5) is 11.0. The maximum Gasteiger partial charge on any atom is 0.336 e. The minimum atomic E-state index is -0.810. The van der Waals surface area contributed by atoms with E-state index in [1.807, 2.05) is 12.1 Å². The molecule has 2 nitrogen and oxygen atoms in total. The number of carbonyl (C=O) groups is 1. The molecule has 1 rings (SSSR count). The van der Waals surface area contributed by atoms with E-state index in [0.29, 0.717) is 5.56 Å². The standard InChI is InChI=1S/C11H15O2P/c1-3-14(4-2)10-8-6-5-7-9(10)11(12)13/h5-8H,3-4H2,1-2H3,(H,12,13). The second-order valence-electron chi connectivity index (χ2n) is 2.99. The highest BCUT2D eigenvalue weighted by atomic mass is 31.1. The van der Waals surface area contributed by atoms with Crippen molar-refractivity contribution < 1.29 is 9.90 Å². The van der Waals surface area contributed by atoms with Gasteiger partial charge >= 0.3 is 5.97 Å². The van der Waals surface area contributed by atoms with Crippen LogP contribution >= 0.6 is 7.92 Å². The average Bonchev–Trinajstić information content (AvgIpc) is 2.20. The van der Waals surface area contributed by atoms with Gasteiger partial charge in [-0.15, -0.1) is 0 Å². The summed E-state index contributed by atoms with van der Waals surface area (Å²) < 4.78 is 0. The molecule has 14 heavy (non-hydrogen) atoms. The van der Waals surface area contributed by atoms with Crippen LogP contribution in [0.5, 0.6) is 0 Å². The Morgan fingerprint density at radius 3 is 2.36 bits per heavy atom. The maximum absolute atomic E-state index is 11.0. The summed E-state index contributed by atoms with van der Waals surface area (Å²) in [6.45, 7) is 4.24. The molecule has 0 fully saturated rings. The van der Waals surface area contributed by atoms with Crippen molar-refractivity contribution in [2.75, 3.05) is 12.3 Å². The van der Waals surface area contributed by atoms with E-state index in [9.17, 15) is 4.79 Å². The Morgan fingerprint density at radius 1 is 1.29 bits per heavy atom. The number of carboxylic acid groups (broad SMARTS) is 1. The lowest BCUT2D eigenvalue weighted by atomic mass is 10.2. The molecule has 0 bridgehead atoms. The van der Waals surface area contributed by atoms with Crippen molar-refractivity contribution in [3.63, 3.8) is 0 Å². The van der Waals surface area contributed by atoms with E-state index in [2.05, 4.69) is 13.8 Å². The summed E-state index contributed by atoms with van der Waals surface area (Å²) in [6.07, 6.45) is 2.10. The Morgan fingerprint density at radius 2 is 1.86 bits per heavy atom. The summed E-state index contributed by atoms with van der Waals surface area (Å²) in [5, 5.41) is 10.0. The minimum Gasteiger partial charge on any atom is -0.478 e. The van der Waals surface area contributed by atoms with Crippen LogP contribution < -0.4 is 5.30 Å². The molecule has 0 aliphatic rings. The quantitative estimate of drug-likeness (QED) is 0.775. The van der Waals surface area contributed by atoms with Crippen LogP contribution in [0, 0.1) is 0 Å². The molecule has 0 spiro atoms. The molecular weight excluding hydrogens is 195 g/mol. The van der Waals surface area contributed by atoms with Crippen LogP contribution in [0.15, 0.2) is 24.3 Å². The smallest absolute Gasteiger partial charge is 0.336 e. The van der Waals surface area contributed by atoms with Crippen LogP contribution in [0.25, 0.3) is 0 Å². The number of hydrogen-bond acceptors (Lipinski definition) is 1. The highest BCUT2D eigenvalue weighted by molar-refractivity contribution is 7.65. The lowest BCUT2D eigenvalue weighted by Gasteiger charge is -2.15. The number of rotatable bonds is 4. The van der Waals surface area contributed by atoms with Crippen LogP contribution in [-0.2, 0) is 0 Å². The van der Waals surface area contributed by atoms with E-state index in [0.717, 1.165) is 17.6 Å². The number of hydrogen-bond donors (Lipinski definition) is 1. The van der Waals surface area contributed by atoms with Gasteiger partial charge in [0.05, 0.1) is 5.56 Å². The number of aromatic carboxylic acids is 1. The summed E-state index contributed by atoms with van der Waals surface area (Å²) in [6, 6.07) is 7.34. The molecule has 76 valence electrons. The van der Waals surface area contributed by atoms with Gasteiger partial charge in [-0.25, -0.2) is 4.79 Å². The van der Waals surface area contributed by atoms with Gasteiger partial charge in [-0.2, -0.15) is 0 Å². The maximum atomic E-state index is 11.0. The molecule has 0 atom stereocenters. The van der Waals surface area contributed by atoms with Gasteiger partial charge in [0.2, 0.25) is 0 Å². The second kappa shape index (κ2) is 5.11. The van der Waals surface area contributed by atoms with Crippen molar-refractivity contribution in [1.82, 2.24) is 0 Å². The van der Waals surface area contributed by atoms with E-state index in [1.165, 1.54) is 0 Å². The van der Waals surface area contributed by atoms with Crippen molar-refractivity contribution in [1.29, 1.82) is 0 Å². The van der Waals surface area contributed by atoms with E-state index in [-0.39, 0.29) is 7.92 Å². The highest BCUT2D eigenvalue weighted by Gasteiger charge is 2.14. The summed E-state index contributed by atoms with van der Waals surface area (Å²) >= 11 is 0. The van der Waals surface area contributed by atoms with Crippen molar-refractivity contribution in [2.24, 2.45) is 0 Å². The van der Waals surface area contributed by atoms with Gasteiger partial charge in [-0.3, -0.25) is 0 Å². The van der Waals surface area contributed by atoms with Gasteiger partial charge in [0.1, 0.15) is 0 Å². The molecule has 1 aromatic carbocycles. The third kappa shape index (κ3) is 2.33. The molecule has 1 N–H and O–H groups in total. The first-order valence-electron chi connectivity index (χ1n) is 4.78. The molecule has 0 aliphatic heterocycles. The van der Waals surface area contributed by atoms with Crippen LogP contribution in [0.4, 0.5) is 0 Å². The third-order valence-corrected chi connectivity index (χ3v) is 4.84. The predicted octanol–water partition coefficient (Wildman–Crippen LogP) is 2.53. The number of carboxylic acids is 1. The average molecular weight is 210 g/mol. The molecular formula is C11H15O2P. The van der Waals surface area contributed by atoms with Crippen molar-refractivity contribution in [3.05, 3.63) is 29.8 Å². The van der Waals surface area contributed by atoms with Crippen molar-refractivity contribution in [3.8, 4) is 0 Å². The van der Waals surface area contributed by atoms with Crippen LogP contribution in [0.2, 0.25) is 0 Å². The zero-order chi connectivity index (χ0) is 10.6. The summed E-state index contributed by atoms with van der Waals surface area (Å²) in [7, 11) is -0.285. The lowest BCUT2D eigenvalue weighted by molar-refractivity contribution is 0.0698. The Balaban J connectivity index is 3.11. The zero-order valence-corrected chi connectivity index (χ0v) is 9.42.